The van der Waals surface area contributed by atoms with Gasteiger partial charge in [0.25, 0.3) is 0 Å². The summed E-state index contributed by atoms with van der Waals surface area (Å²) in [6, 6.07) is 42.8. The maximum Gasteiger partial charge on any atom is 0.149 e. The maximum absolute atomic E-state index is 3.76. The van der Waals surface area contributed by atoms with E-state index in [4.69, 9.17) is 0 Å². The molecule has 0 aromatic heterocycles. The molecule has 0 aliphatic rings. The Morgan fingerprint density at radius 3 is 1.28 bits per heavy atom. The highest BCUT2D eigenvalue weighted by Crippen LogP contribution is 2.08. The molecule has 4 aromatic rings. The highest BCUT2D eigenvalue weighted by Gasteiger charge is 2.27. The van der Waals surface area contributed by atoms with Crippen LogP contribution in [-0.4, -0.2) is 6.15 Å². The van der Waals surface area contributed by atoms with Gasteiger partial charge >= 0.3 is 0 Å². The molecular formula is C28H24B-. The lowest BCUT2D eigenvalue weighted by molar-refractivity contribution is 1.03. The first-order valence-corrected chi connectivity index (χ1v) is 10.3. The Bertz CT molecular complexity index is 979. The van der Waals surface area contributed by atoms with Crippen LogP contribution in [0, 0.1) is 11.7 Å². The van der Waals surface area contributed by atoms with Gasteiger partial charge in [0.1, 0.15) is 6.15 Å². The Hall–Kier alpha value is -3.50. The van der Waals surface area contributed by atoms with E-state index in [9.17, 15) is 0 Å². The van der Waals surface area contributed by atoms with Gasteiger partial charge in [0.05, 0.1) is 0 Å². The molecule has 0 fully saturated rings. The average Bonchev–Trinajstić information content (AvgIpc) is 2.82. The van der Waals surface area contributed by atoms with Gasteiger partial charge in [-0.25, -0.2) is 0 Å². The van der Waals surface area contributed by atoms with Crippen molar-refractivity contribution < 1.29 is 0 Å². The second kappa shape index (κ2) is 9.13. The Labute approximate surface area is 174 Å². The molecule has 0 nitrogen and oxygen atoms in total. The monoisotopic (exact) mass is 371 g/mol. The largest absolute Gasteiger partial charge is 0.297 e. The summed E-state index contributed by atoms with van der Waals surface area (Å²) in [4.78, 5) is 0. The van der Waals surface area contributed by atoms with Crippen LogP contribution in [0.25, 0.3) is 0 Å². The lowest BCUT2D eigenvalue weighted by Crippen LogP contribution is -2.66. The highest BCUT2D eigenvalue weighted by molar-refractivity contribution is 7.16. The summed E-state index contributed by atoms with van der Waals surface area (Å²) in [5.74, 6) is 7.31. The van der Waals surface area contributed by atoms with Crippen LogP contribution in [0.4, 0.5) is 0 Å². The minimum absolute atomic E-state index is 0.847. The predicted octanol–water partition coefficient (Wildman–Crippen LogP) is 4.33. The SMILES string of the molecule is C(#C[B-](c1ccccc1)(c1ccccc1)c1ccccc1)CCc1ccccc1. The van der Waals surface area contributed by atoms with E-state index in [0.717, 1.165) is 12.8 Å². The molecule has 0 N–H and O–H groups in total. The van der Waals surface area contributed by atoms with E-state index >= 15 is 0 Å². The van der Waals surface area contributed by atoms with Crippen molar-refractivity contribution in [1.29, 1.82) is 0 Å². The number of rotatable bonds is 5. The minimum Gasteiger partial charge on any atom is -0.297 e. The Kier molecular flexibility index (Phi) is 5.94. The zero-order valence-corrected chi connectivity index (χ0v) is 16.5. The first-order chi connectivity index (χ1) is 14.4. The van der Waals surface area contributed by atoms with Crippen LogP contribution in [0.1, 0.15) is 12.0 Å². The van der Waals surface area contributed by atoms with E-state index in [1.54, 1.807) is 0 Å². The minimum atomic E-state index is -1.36. The molecule has 0 bridgehead atoms. The summed E-state index contributed by atoms with van der Waals surface area (Å²) in [5.41, 5.74) is 5.12. The van der Waals surface area contributed by atoms with Crippen molar-refractivity contribution in [3.8, 4) is 11.7 Å². The molecule has 0 unspecified atom stereocenters. The van der Waals surface area contributed by atoms with Gasteiger partial charge in [-0.15, -0.1) is 5.92 Å². The molecule has 0 saturated carbocycles. The highest BCUT2D eigenvalue weighted by atomic mass is 14.0. The van der Waals surface area contributed by atoms with Crippen molar-refractivity contribution in [2.24, 2.45) is 0 Å². The fraction of sp³-hybridized carbons (Fsp3) is 0.0714. The van der Waals surface area contributed by atoms with Gasteiger partial charge in [-0.3, -0.25) is 5.82 Å². The molecule has 140 valence electrons. The third kappa shape index (κ3) is 4.18. The molecule has 0 aliphatic heterocycles. The third-order valence-corrected chi connectivity index (χ3v) is 5.60. The van der Waals surface area contributed by atoms with Gasteiger partial charge in [-0.2, -0.15) is 16.4 Å². The maximum atomic E-state index is 3.76. The van der Waals surface area contributed by atoms with Crippen molar-refractivity contribution in [1.82, 2.24) is 0 Å². The molecule has 0 saturated heterocycles. The van der Waals surface area contributed by atoms with E-state index in [1.807, 2.05) is 0 Å². The summed E-state index contributed by atoms with van der Waals surface area (Å²) in [5, 5.41) is 0. The quantitative estimate of drug-likeness (QED) is 0.362. The summed E-state index contributed by atoms with van der Waals surface area (Å²) >= 11 is 0. The van der Waals surface area contributed by atoms with Crippen molar-refractivity contribution in [3.63, 3.8) is 0 Å². The zero-order chi connectivity index (χ0) is 19.8. The lowest BCUT2D eigenvalue weighted by atomic mass is 9.16. The third-order valence-electron chi connectivity index (χ3n) is 5.60. The van der Waals surface area contributed by atoms with E-state index < -0.39 is 6.15 Å². The van der Waals surface area contributed by atoms with Crippen molar-refractivity contribution >= 4 is 22.5 Å². The summed E-state index contributed by atoms with van der Waals surface area (Å²) < 4.78 is 0. The topological polar surface area (TPSA) is 0 Å². The molecule has 1 heteroatoms. The molecule has 0 amide bonds. The van der Waals surface area contributed by atoms with Crippen LogP contribution >= 0.6 is 0 Å². The van der Waals surface area contributed by atoms with Crippen LogP contribution < -0.4 is 16.4 Å². The standard InChI is InChI=1S/C28H24B/c1-5-15-25(16-6-1)17-13-14-24-29(26-18-7-2-8-19-26,27-20-9-3-10-21-27)28-22-11-4-12-23-28/h1-12,15-16,18-23H,13,17H2/q-1. The first-order valence-electron chi connectivity index (χ1n) is 10.3. The predicted molar refractivity (Wildman–Crippen MR) is 127 cm³/mol. The number of benzene rings is 4. The second-order valence-corrected chi connectivity index (χ2v) is 7.40. The first kappa shape index (κ1) is 18.8. The molecule has 0 aliphatic carbocycles. The van der Waals surface area contributed by atoms with Gasteiger partial charge < -0.3 is 0 Å². The van der Waals surface area contributed by atoms with E-state index in [-0.39, 0.29) is 0 Å². The number of aryl methyl sites for hydroxylation is 1. The second-order valence-electron chi connectivity index (χ2n) is 7.40. The fourth-order valence-corrected chi connectivity index (χ4v) is 4.13. The van der Waals surface area contributed by atoms with Crippen molar-refractivity contribution in [3.05, 3.63) is 127 Å². The molecule has 0 heterocycles. The molecule has 4 rings (SSSR count). The van der Waals surface area contributed by atoms with Crippen LogP contribution in [0.5, 0.6) is 0 Å². The zero-order valence-electron chi connectivity index (χ0n) is 16.5. The molecular weight excluding hydrogens is 347 g/mol. The van der Waals surface area contributed by atoms with Crippen LogP contribution in [0.15, 0.2) is 121 Å². The number of hydrogen-bond acceptors (Lipinski definition) is 0. The van der Waals surface area contributed by atoms with Gasteiger partial charge in [0, 0.05) is 6.42 Å². The molecule has 29 heavy (non-hydrogen) atoms. The molecule has 0 radical (unpaired) electrons. The molecule has 0 atom stereocenters. The number of hydrogen-bond donors (Lipinski definition) is 0. The smallest absolute Gasteiger partial charge is 0.149 e. The Balaban J connectivity index is 1.81. The lowest BCUT2D eigenvalue weighted by Gasteiger charge is -2.38. The van der Waals surface area contributed by atoms with E-state index in [0.29, 0.717) is 0 Å². The van der Waals surface area contributed by atoms with Crippen molar-refractivity contribution in [2.45, 2.75) is 12.8 Å². The summed E-state index contributed by atoms with van der Waals surface area (Å²) in [6.45, 7) is 0. The molecule has 4 aromatic carbocycles. The van der Waals surface area contributed by atoms with Gasteiger partial charge in [-0.1, -0.05) is 121 Å². The van der Waals surface area contributed by atoms with E-state index in [1.165, 1.54) is 22.0 Å². The normalized spacial score (nSPS) is 10.8. The molecule has 0 spiro atoms. The Morgan fingerprint density at radius 1 is 0.483 bits per heavy atom. The van der Waals surface area contributed by atoms with Gasteiger partial charge in [-0.05, 0) is 12.0 Å². The van der Waals surface area contributed by atoms with E-state index in [2.05, 4.69) is 133 Å². The van der Waals surface area contributed by atoms with Crippen LogP contribution in [0.3, 0.4) is 0 Å². The average molecular weight is 371 g/mol. The fourth-order valence-electron chi connectivity index (χ4n) is 4.13. The van der Waals surface area contributed by atoms with Crippen LogP contribution in [-0.2, 0) is 6.42 Å². The summed E-state index contributed by atoms with van der Waals surface area (Å²) in [6.07, 6.45) is 0.460. The van der Waals surface area contributed by atoms with Crippen LogP contribution in [0.2, 0.25) is 0 Å². The van der Waals surface area contributed by atoms with Gasteiger partial charge in [0.2, 0.25) is 0 Å². The van der Waals surface area contributed by atoms with Gasteiger partial charge in [0.15, 0.2) is 0 Å². The summed E-state index contributed by atoms with van der Waals surface area (Å²) in [7, 11) is 0. The van der Waals surface area contributed by atoms with Crippen molar-refractivity contribution in [2.75, 3.05) is 0 Å². The Morgan fingerprint density at radius 2 is 0.862 bits per heavy atom.